The maximum absolute atomic E-state index is 10.5. The highest BCUT2D eigenvalue weighted by molar-refractivity contribution is 5.18. The number of fused-ring (bicyclic) bond motifs is 1. The minimum absolute atomic E-state index is 0.132. The zero-order valence-corrected chi connectivity index (χ0v) is 18.5. The van der Waals surface area contributed by atoms with Crippen molar-refractivity contribution in [3.05, 3.63) is 23.8 Å². The monoisotopic (exact) mass is 399 g/mol. The topological polar surface area (TPSA) is 43.7 Å². The molecule has 6 atom stereocenters. The summed E-state index contributed by atoms with van der Waals surface area (Å²) in [6.45, 7) is 7.76. The van der Waals surface area contributed by atoms with Crippen LogP contribution in [0.15, 0.2) is 23.8 Å². The van der Waals surface area contributed by atoms with Gasteiger partial charge >= 0.3 is 0 Å². The summed E-state index contributed by atoms with van der Waals surface area (Å²) in [6, 6.07) is 0. The van der Waals surface area contributed by atoms with Crippen molar-refractivity contribution in [3.8, 4) is 11.8 Å². The van der Waals surface area contributed by atoms with Crippen LogP contribution in [0.2, 0.25) is 0 Å². The van der Waals surface area contributed by atoms with Crippen molar-refractivity contribution in [2.75, 3.05) is 19.6 Å². The van der Waals surface area contributed by atoms with Crippen LogP contribution in [0, 0.1) is 35.5 Å². The lowest BCUT2D eigenvalue weighted by atomic mass is 9.89. The SMILES string of the molecule is CC#CC[C@H](C)[C@H](O)/C=C/[C@@H]1[C@H]2C/C(=C/CCCCN3CCCC3)C[C@H]2C[C@H]1O. The molecule has 1 aliphatic heterocycles. The fraction of sp³-hybridized carbons (Fsp3) is 0.769. The highest BCUT2D eigenvalue weighted by Gasteiger charge is 2.44. The molecule has 0 unspecified atom stereocenters. The summed E-state index contributed by atoms with van der Waals surface area (Å²) in [6.07, 6.45) is 16.3. The molecule has 0 aromatic carbocycles. The zero-order chi connectivity index (χ0) is 20.6. The first-order chi connectivity index (χ1) is 14.1. The summed E-state index contributed by atoms with van der Waals surface area (Å²) < 4.78 is 0. The van der Waals surface area contributed by atoms with E-state index in [9.17, 15) is 10.2 Å². The van der Waals surface area contributed by atoms with Gasteiger partial charge in [0.1, 0.15) is 0 Å². The Labute approximate surface area is 178 Å². The Morgan fingerprint density at radius 1 is 1.21 bits per heavy atom. The van der Waals surface area contributed by atoms with Gasteiger partial charge in [0.25, 0.3) is 0 Å². The first-order valence-corrected chi connectivity index (χ1v) is 11.9. The Morgan fingerprint density at radius 2 is 2.00 bits per heavy atom. The van der Waals surface area contributed by atoms with Crippen molar-refractivity contribution in [2.24, 2.45) is 23.7 Å². The van der Waals surface area contributed by atoms with E-state index in [-0.39, 0.29) is 17.9 Å². The second-order valence-corrected chi connectivity index (χ2v) is 9.60. The molecule has 2 N–H and O–H groups in total. The van der Waals surface area contributed by atoms with Gasteiger partial charge in [-0.25, -0.2) is 0 Å². The van der Waals surface area contributed by atoms with E-state index >= 15 is 0 Å². The molecule has 1 heterocycles. The first kappa shape index (κ1) is 22.6. The van der Waals surface area contributed by atoms with Crippen molar-refractivity contribution in [1.82, 2.24) is 4.90 Å². The Balaban J connectivity index is 1.43. The maximum Gasteiger partial charge on any atom is 0.0755 e. The zero-order valence-electron chi connectivity index (χ0n) is 18.5. The molecule has 2 saturated carbocycles. The number of likely N-dealkylation sites (tertiary alicyclic amines) is 1. The van der Waals surface area contributed by atoms with E-state index in [4.69, 9.17) is 0 Å². The Bertz CT molecular complexity index is 622. The average Bonchev–Trinajstić information content (AvgIpc) is 3.41. The molecule has 29 heavy (non-hydrogen) atoms. The van der Waals surface area contributed by atoms with Crippen LogP contribution in [-0.2, 0) is 0 Å². The molecule has 3 rings (SSSR count). The Kier molecular flexibility index (Phi) is 8.85. The lowest BCUT2D eigenvalue weighted by Gasteiger charge is -2.19. The van der Waals surface area contributed by atoms with Crippen molar-refractivity contribution >= 4 is 0 Å². The van der Waals surface area contributed by atoms with Gasteiger partial charge in [0.2, 0.25) is 0 Å². The first-order valence-electron chi connectivity index (χ1n) is 11.9. The van der Waals surface area contributed by atoms with Gasteiger partial charge in [-0.05, 0) is 95.7 Å². The number of hydrogen-bond donors (Lipinski definition) is 2. The molecule has 3 fully saturated rings. The second kappa shape index (κ2) is 11.3. The average molecular weight is 400 g/mol. The molecular weight excluding hydrogens is 358 g/mol. The third-order valence-electron chi connectivity index (χ3n) is 7.39. The molecule has 0 aromatic rings. The van der Waals surface area contributed by atoms with E-state index in [0.29, 0.717) is 18.3 Å². The van der Waals surface area contributed by atoms with Crippen LogP contribution >= 0.6 is 0 Å². The minimum Gasteiger partial charge on any atom is -0.392 e. The molecule has 3 heteroatoms. The Hall–Kier alpha value is -1.08. The quantitative estimate of drug-likeness (QED) is 0.339. The molecular formula is C26H41NO2. The van der Waals surface area contributed by atoms with Gasteiger partial charge in [0, 0.05) is 12.3 Å². The van der Waals surface area contributed by atoms with Crippen LogP contribution in [0.25, 0.3) is 0 Å². The van der Waals surface area contributed by atoms with Crippen molar-refractivity contribution in [3.63, 3.8) is 0 Å². The number of rotatable bonds is 9. The molecule has 2 aliphatic carbocycles. The van der Waals surface area contributed by atoms with Gasteiger partial charge in [-0.1, -0.05) is 30.7 Å². The minimum atomic E-state index is -0.478. The van der Waals surface area contributed by atoms with Crippen LogP contribution < -0.4 is 0 Å². The van der Waals surface area contributed by atoms with Crippen LogP contribution in [0.5, 0.6) is 0 Å². The van der Waals surface area contributed by atoms with Crippen LogP contribution in [0.1, 0.15) is 71.6 Å². The van der Waals surface area contributed by atoms with E-state index in [1.807, 2.05) is 19.9 Å². The van der Waals surface area contributed by atoms with Crippen LogP contribution in [-0.4, -0.2) is 47.0 Å². The van der Waals surface area contributed by atoms with E-state index in [2.05, 4.69) is 28.9 Å². The smallest absolute Gasteiger partial charge is 0.0755 e. The van der Waals surface area contributed by atoms with E-state index in [1.54, 1.807) is 5.57 Å². The Morgan fingerprint density at radius 3 is 2.76 bits per heavy atom. The highest BCUT2D eigenvalue weighted by Crippen LogP contribution is 2.50. The predicted octanol–water partition coefficient (Wildman–Crippen LogP) is 4.55. The number of hydrogen-bond acceptors (Lipinski definition) is 3. The molecule has 1 saturated heterocycles. The van der Waals surface area contributed by atoms with Crippen molar-refractivity contribution in [1.29, 1.82) is 0 Å². The maximum atomic E-state index is 10.5. The third-order valence-corrected chi connectivity index (χ3v) is 7.39. The van der Waals surface area contributed by atoms with Gasteiger partial charge in [0.05, 0.1) is 12.2 Å². The summed E-state index contributed by atoms with van der Waals surface area (Å²) in [7, 11) is 0. The number of aliphatic hydroxyl groups excluding tert-OH is 2. The standard InChI is InChI=1S/C26H41NO2/c1-3-4-10-20(2)25(28)13-12-23-24-18-21(17-22(24)19-26(23)29)11-6-5-7-14-27-15-8-9-16-27/h11-13,20,22-26,28-29H,5-10,14-19H2,1-2H3/b13-12+,21-11+/t20-,22-,23+,24-,25+,26+/m0/s1. The van der Waals surface area contributed by atoms with Gasteiger partial charge in [-0.2, -0.15) is 0 Å². The fourth-order valence-corrected chi connectivity index (χ4v) is 5.55. The number of nitrogens with zero attached hydrogens (tertiary/aromatic N) is 1. The molecule has 0 aromatic heterocycles. The van der Waals surface area contributed by atoms with E-state index in [0.717, 1.165) is 12.8 Å². The molecule has 0 radical (unpaired) electrons. The van der Waals surface area contributed by atoms with Crippen molar-refractivity contribution < 1.29 is 10.2 Å². The van der Waals surface area contributed by atoms with Gasteiger partial charge in [-0.15, -0.1) is 11.8 Å². The lowest BCUT2D eigenvalue weighted by molar-refractivity contribution is 0.137. The van der Waals surface area contributed by atoms with E-state index < -0.39 is 6.10 Å². The fourth-order valence-electron chi connectivity index (χ4n) is 5.55. The predicted molar refractivity (Wildman–Crippen MR) is 120 cm³/mol. The molecule has 0 spiro atoms. The van der Waals surface area contributed by atoms with Gasteiger partial charge in [0.15, 0.2) is 0 Å². The number of aliphatic hydroxyl groups is 2. The second-order valence-electron chi connectivity index (χ2n) is 9.60. The number of unbranched alkanes of at least 4 members (excludes halogenated alkanes) is 2. The van der Waals surface area contributed by atoms with Crippen molar-refractivity contribution in [2.45, 2.75) is 83.8 Å². The van der Waals surface area contributed by atoms with Crippen LogP contribution in [0.4, 0.5) is 0 Å². The highest BCUT2D eigenvalue weighted by atomic mass is 16.3. The summed E-state index contributed by atoms with van der Waals surface area (Å²) in [5.74, 6) is 7.45. The molecule has 0 amide bonds. The van der Waals surface area contributed by atoms with Gasteiger partial charge < -0.3 is 15.1 Å². The molecule has 162 valence electrons. The molecule has 3 aliphatic rings. The summed E-state index contributed by atoms with van der Waals surface area (Å²) >= 11 is 0. The summed E-state index contributed by atoms with van der Waals surface area (Å²) in [5, 5.41) is 20.9. The summed E-state index contributed by atoms with van der Waals surface area (Å²) in [5.41, 5.74) is 1.61. The summed E-state index contributed by atoms with van der Waals surface area (Å²) in [4.78, 5) is 2.61. The molecule has 0 bridgehead atoms. The number of allylic oxidation sites excluding steroid dienone is 2. The van der Waals surface area contributed by atoms with Gasteiger partial charge in [-0.3, -0.25) is 0 Å². The normalized spacial score (nSPS) is 33.2. The van der Waals surface area contributed by atoms with E-state index in [1.165, 1.54) is 58.2 Å². The molecule has 3 nitrogen and oxygen atoms in total. The largest absolute Gasteiger partial charge is 0.392 e. The van der Waals surface area contributed by atoms with Crippen LogP contribution in [0.3, 0.4) is 0 Å². The lowest BCUT2D eigenvalue weighted by Crippen LogP contribution is -2.20. The third kappa shape index (κ3) is 6.45.